The lowest BCUT2D eigenvalue weighted by Gasteiger charge is -2.27. The molecule has 1 aromatic rings. The first kappa shape index (κ1) is 12.4. The number of carbonyl (C=O) groups is 1. The van der Waals surface area contributed by atoms with E-state index in [9.17, 15) is 4.79 Å². The molecule has 0 radical (unpaired) electrons. The van der Waals surface area contributed by atoms with E-state index in [0.717, 1.165) is 0 Å². The Hall–Kier alpha value is -2.06. The molecule has 5 nitrogen and oxygen atoms in total. The summed E-state index contributed by atoms with van der Waals surface area (Å²) in [6.45, 7) is 2.68. The highest BCUT2D eigenvalue weighted by Gasteiger charge is 2.16. The van der Waals surface area contributed by atoms with E-state index in [0.29, 0.717) is 37.6 Å². The summed E-state index contributed by atoms with van der Waals surface area (Å²) < 4.78 is 5.19. The molecule has 18 heavy (non-hydrogen) atoms. The molecule has 1 aromatic carbocycles. The Kier molecular flexibility index (Phi) is 4.15. The minimum absolute atomic E-state index is 0.0334. The number of carbonyl (C=O) groups excluding carboxylic acids is 1. The van der Waals surface area contributed by atoms with Gasteiger partial charge in [0.25, 0.3) is 0 Å². The van der Waals surface area contributed by atoms with Crippen LogP contribution in [-0.2, 0) is 9.53 Å². The number of hydrogen-bond acceptors (Lipinski definition) is 4. The number of nitrogens with zero attached hydrogens (tertiary/aromatic N) is 2. The fourth-order valence-corrected chi connectivity index (χ4v) is 1.83. The van der Waals surface area contributed by atoms with Gasteiger partial charge in [-0.2, -0.15) is 5.26 Å². The molecule has 1 saturated heterocycles. The molecule has 1 amide bonds. The molecule has 0 aliphatic carbocycles. The van der Waals surface area contributed by atoms with Gasteiger partial charge in [0.15, 0.2) is 0 Å². The summed E-state index contributed by atoms with van der Waals surface area (Å²) in [6.07, 6.45) is 0. The normalized spacial score (nSPS) is 14.9. The zero-order valence-electron chi connectivity index (χ0n) is 10.1. The van der Waals surface area contributed by atoms with Crippen LogP contribution in [0.2, 0.25) is 0 Å². The van der Waals surface area contributed by atoms with Crippen LogP contribution in [0.4, 0.5) is 5.69 Å². The highest BCUT2D eigenvalue weighted by atomic mass is 16.5. The first-order valence-electron chi connectivity index (χ1n) is 5.90. The fourth-order valence-electron chi connectivity index (χ4n) is 1.83. The van der Waals surface area contributed by atoms with E-state index in [1.165, 1.54) is 0 Å². The standard InChI is InChI=1S/C13H15N3O2/c14-9-11-3-1-2-4-12(11)15-10-13(17)16-5-7-18-8-6-16/h1-4,15H,5-8,10H2. The number of nitrogens with one attached hydrogen (secondary N) is 1. The van der Waals surface area contributed by atoms with Crippen LogP contribution in [0.5, 0.6) is 0 Å². The molecular formula is C13H15N3O2. The maximum absolute atomic E-state index is 11.9. The molecule has 0 bridgehead atoms. The summed E-state index contributed by atoms with van der Waals surface area (Å²) in [6, 6.07) is 9.25. The second-order valence-corrected chi connectivity index (χ2v) is 4.00. The van der Waals surface area contributed by atoms with Crippen LogP contribution >= 0.6 is 0 Å². The van der Waals surface area contributed by atoms with Gasteiger partial charge in [-0.05, 0) is 12.1 Å². The molecule has 94 valence electrons. The number of ether oxygens (including phenoxy) is 1. The SMILES string of the molecule is N#Cc1ccccc1NCC(=O)N1CCOCC1. The first-order valence-corrected chi connectivity index (χ1v) is 5.90. The van der Waals surface area contributed by atoms with Crippen molar-refractivity contribution in [2.24, 2.45) is 0 Å². The van der Waals surface area contributed by atoms with E-state index >= 15 is 0 Å². The van der Waals surface area contributed by atoms with Crippen molar-refractivity contribution in [2.75, 3.05) is 38.2 Å². The van der Waals surface area contributed by atoms with Crippen molar-refractivity contribution in [1.82, 2.24) is 4.90 Å². The van der Waals surface area contributed by atoms with Crippen LogP contribution in [0.1, 0.15) is 5.56 Å². The molecule has 1 fully saturated rings. The van der Waals surface area contributed by atoms with Gasteiger partial charge >= 0.3 is 0 Å². The second-order valence-electron chi connectivity index (χ2n) is 4.00. The van der Waals surface area contributed by atoms with Crippen LogP contribution in [-0.4, -0.2) is 43.7 Å². The quantitative estimate of drug-likeness (QED) is 0.856. The van der Waals surface area contributed by atoms with E-state index in [-0.39, 0.29) is 12.5 Å². The van der Waals surface area contributed by atoms with Gasteiger partial charge in [-0.25, -0.2) is 0 Å². The van der Waals surface area contributed by atoms with Gasteiger partial charge in [0.2, 0.25) is 5.91 Å². The Morgan fingerprint density at radius 3 is 2.83 bits per heavy atom. The van der Waals surface area contributed by atoms with Crippen molar-refractivity contribution in [3.63, 3.8) is 0 Å². The van der Waals surface area contributed by atoms with Gasteiger partial charge in [-0.1, -0.05) is 12.1 Å². The molecule has 1 aliphatic heterocycles. The van der Waals surface area contributed by atoms with E-state index in [1.807, 2.05) is 6.07 Å². The minimum Gasteiger partial charge on any atom is -0.378 e. The monoisotopic (exact) mass is 245 g/mol. The predicted octanol–water partition coefficient (Wildman–Crippen LogP) is 0.829. The van der Waals surface area contributed by atoms with Crippen molar-refractivity contribution in [1.29, 1.82) is 5.26 Å². The first-order chi connectivity index (χ1) is 8.81. The number of hydrogen-bond donors (Lipinski definition) is 1. The lowest BCUT2D eigenvalue weighted by atomic mass is 10.2. The summed E-state index contributed by atoms with van der Waals surface area (Å²) in [5.41, 5.74) is 1.24. The number of amides is 1. The zero-order chi connectivity index (χ0) is 12.8. The maximum Gasteiger partial charge on any atom is 0.242 e. The average Bonchev–Trinajstić information content (AvgIpc) is 2.46. The van der Waals surface area contributed by atoms with Crippen LogP contribution in [0, 0.1) is 11.3 Å². The molecular weight excluding hydrogens is 230 g/mol. The zero-order valence-corrected chi connectivity index (χ0v) is 10.1. The molecule has 1 heterocycles. The molecule has 5 heteroatoms. The molecule has 1 N–H and O–H groups in total. The average molecular weight is 245 g/mol. The van der Waals surface area contributed by atoms with Crippen molar-refractivity contribution in [3.8, 4) is 6.07 Å². The van der Waals surface area contributed by atoms with E-state index in [2.05, 4.69) is 11.4 Å². The van der Waals surface area contributed by atoms with E-state index in [1.54, 1.807) is 23.1 Å². The molecule has 0 atom stereocenters. The number of nitriles is 1. The summed E-state index contributed by atoms with van der Waals surface area (Å²) in [5.74, 6) is 0.0334. The molecule has 0 saturated carbocycles. The maximum atomic E-state index is 11.9. The number of rotatable bonds is 3. The number of para-hydroxylation sites is 1. The van der Waals surface area contributed by atoms with Crippen molar-refractivity contribution >= 4 is 11.6 Å². The number of morpholine rings is 1. The summed E-state index contributed by atoms with van der Waals surface area (Å²) in [7, 11) is 0. The fraction of sp³-hybridized carbons (Fsp3) is 0.385. The minimum atomic E-state index is 0.0334. The number of benzene rings is 1. The van der Waals surface area contributed by atoms with Gasteiger partial charge in [0.05, 0.1) is 31.0 Å². The number of anilines is 1. The van der Waals surface area contributed by atoms with Crippen LogP contribution in [0.25, 0.3) is 0 Å². The van der Waals surface area contributed by atoms with E-state index < -0.39 is 0 Å². The molecule has 2 rings (SSSR count). The Balaban J connectivity index is 1.91. The lowest BCUT2D eigenvalue weighted by molar-refractivity contribution is -0.133. The molecule has 0 spiro atoms. The van der Waals surface area contributed by atoms with E-state index in [4.69, 9.17) is 10.00 Å². The molecule has 0 unspecified atom stereocenters. The third kappa shape index (κ3) is 2.99. The van der Waals surface area contributed by atoms with Gasteiger partial charge < -0.3 is 15.0 Å². The largest absolute Gasteiger partial charge is 0.378 e. The van der Waals surface area contributed by atoms with Gasteiger partial charge in [0.1, 0.15) is 6.07 Å². The molecule has 1 aliphatic rings. The van der Waals surface area contributed by atoms with Gasteiger partial charge in [0, 0.05) is 13.1 Å². The lowest BCUT2D eigenvalue weighted by Crippen LogP contribution is -2.43. The third-order valence-electron chi connectivity index (χ3n) is 2.84. The Labute approximate surface area is 106 Å². The van der Waals surface area contributed by atoms with Crippen molar-refractivity contribution < 1.29 is 9.53 Å². The van der Waals surface area contributed by atoms with Crippen LogP contribution < -0.4 is 5.32 Å². The van der Waals surface area contributed by atoms with Crippen LogP contribution in [0.3, 0.4) is 0 Å². The predicted molar refractivity (Wildman–Crippen MR) is 67.0 cm³/mol. The van der Waals surface area contributed by atoms with Crippen LogP contribution in [0.15, 0.2) is 24.3 Å². The van der Waals surface area contributed by atoms with Crippen molar-refractivity contribution in [2.45, 2.75) is 0 Å². The summed E-state index contributed by atoms with van der Waals surface area (Å²) in [4.78, 5) is 13.7. The Bertz CT molecular complexity index is 462. The topological polar surface area (TPSA) is 65.4 Å². The highest BCUT2D eigenvalue weighted by molar-refractivity contribution is 5.81. The summed E-state index contributed by atoms with van der Waals surface area (Å²) >= 11 is 0. The third-order valence-corrected chi connectivity index (χ3v) is 2.84. The second kappa shape index (κ2) is 6.03. The van der Waals surface area contributed by atoms with Gasteiger partial charge in [-0.3, -0.25) is 4.79 Å². The summed E-state index contributed by atoms with van der Waals surface area (Å²) in [5, 5.41) is 11.9. The smallest absolute Gasteiger partial charge is 0.242 e. The van der Waals surface area contributed by atoms with Gasteiger partial charge in [-0.15, -0.1) is 0 Å². The molecule has 0 aromatic heterocycles. The highest BCUT2D eigenvalue weighted by Crippen LogP contribution is 2.13. The Morgan fingerprint density at radius 1 is 1.39 bits per heavy atom. The van der Waals surface area contributed by atoms with Crippen molar-refractivity contribution in [3.05, 3.63) is 29.8 Å². The Morgan fingerprint density at radius 2 is 2.11 bits per heavy atom.